The van der Waals surface area contributed by atoms with E-state index >= 15 is 0 Å². The molecule has 31 heavy (non-hydrogen) atoms. The molecule has 7 heteroatoms. The molecule has 0 radical (unpaired) electrons. The number of hydrogen-bond donors (Lipinski definition) is 2. The summed E-state index contributed by atoms with van der Waals surface area (Å²) in [5.74, 6) is 0.146. The monoisotopic (exact) mass is 437 g/mol. The van der Waals surface area contributed by atoms with Crippen LogP contribution in [0.15, 0.2) is 60.9 Å². The molecule has 2 heterocycles. The van der Waals surface area contributed by atoms with Gasteiger partial charge in [-0.2, -0.15) is 0 Å². The van der Waals surface area contributed by atoms with Crippen LogP contribution in [-0.4, -0.2) is 33.1 Å². The number of nitrogens with zero attached hydrogens (tertiary/aromatic N) is 2. The van der Waals surface area contributed by atoms with Gasteiger partial charge in [0.25, 0.3) is 5.91 Å². The number of carbonyl (C=O) groups is 1. The first kappa shape index (κ1) is 21.3. The number of carbonyl (C=O) groups excluding carboxylic acids is 1. The summed E-state index contributed by atoms with van der Waals surface area (Å²) in [5, 5.41) is 13.7. The van der Waals surface area contributed by atoms with Gasteiger partial charge in [-0.05, 0) is 48.7 Å². The molecule has 160 valence electrons. The van der Waals surface area contributed by atoms with E-state index in [1.54, 1.807) is 24.4 Å². The van der Waals surface area contributed by atoms with Gasteiger partial charge in [0.1, 0.15) is 6.61 Å². The van der Waals surface area contributed by atoms with Crippen LogP contribution in [0, 0.1) is 0 Å². The Labute approximate surface area is 186 Å². The first-order valence-corrected chi connectivity index (χ1v) is 10.8. The van der Waals surface area contributed by atoms with Crippen LogP contribution >= 0.6 is 11.6 Å². The van der Waals surface area contributed by atoms with Gasteiger partial charge in [-0.15, -0.1) is 0 Å². The van der Waals surface area contributed by atoms with Gasteiger partial charge < -0.3 is 15.2 Å². The molecule has 0 bridgehead atoms. The predicted molar refractivity (Wildman–Crippen MR) is 119 cm³/mol. The zero-order valence-corrected chi connectivity index (χ0v) is 17.8. The van der Waals surface area contributed by atoms with Crippen LogP contribution in [0.2, 0.25) is 5.02 Å². The zero-order chi connectivity index (χ0) is 21.6. The van der Waals surface area contributed by atoms with E-state index in [0.717, 1.165) is 30.5 Å². The quantitative estimate of drug-likeness (QED) is 0.596. The molecule has 2 aromatic heterocycles. The minimum absolute atomic E-state index is 0.236. The van der Waals surface area contributed by atoms with Gasteiger partial charge in [-0.25, -0.2) is 4.98 Å². The van der Waals surface area contributed by atoms with Gasteiger partial charge in [0.2, 0.25) is 5.88 Å². The van der Waals surface area contributed by atoms with E-state index in [9.17, 15) is 9.90 Å². The molecule has 4 rings (SSSR count). The molecule has 1 aliphatic carbocycles. The fourth-order valence-electron chi connectivity index (χ4n) is 3.68. The lowest BCUT2D eigenvalue weighted by Gasteiger charge is -2.28. The first-order valence-electron chi connectivity index (χ1n) is 10.4. The Morgan fingerprint density at radius 1 is 1.13 bits per heavy atom. The number of aliphatic hydroxyl groups excluding tert-OH is 1. The maximum Gasteiger partial charge on any atom is 0.253 e. The molecule has 0 spiro atoms. The number of benzene rings is 1. The molecular formula is C24H24ClN3O3. The third-order valence-electron chi connectivity index (χ3n) is 5.40. The molecule has 1 amide bonds. The van der Waals surface area contributed by atoms with Crippen molar-refractivity contribution in [2.45, 2.75) is 44.4 Å². The topological polar surface area (TPSA) is 84.3 Å². The standard InChI is InChI=1S/C24H24ClN3O3/c25-18-10-8-16(9-11-18)20-13-17(23(30)28-21-6-1-2-7-22(21)29)14-27-24(20)31-15-19-5-3-4-12-26-19/h3-5,8-14,21-22,29H,1-2,6-7,15H2,(H,28,30). The zero-order valence-electron chi connectivity index (χ0n) is 17.0. The van der Waals surface area contributed by atoms with Crippen LogP contribution in [0.3, 0.4) is 0 Å². The van der Waals surface area contributed by atoms with E-state index < -0.39 is 6.10 Å². The molecule has 2 atom stereocenters. The van der Waals surface area contributed by atoms with E-state index in [1.807, 2.05) is 30.3 Å². The molecule has 3 aromatic rings. The van der Waals surface area contributed by atoms with Gasteiger partial charge in [0, 0.05) is 23.0 Å². The molecule has 2 unspecified atom stereocenters. The van der Waals surface area contributed by atoms with Gasteiger partial charge >= 0.3 is 0 Å². The summed E-state index contributed by atoms with van der Waals surface area (Å²) in [4.78, 5) is 21.5. The minimum atomic E-state index is -0.512. The Morgan fingerprint density at radius 2 is 1.94 bits per heavy atom. The summed E-state index contributed by atoms with van der Waals surface area (Å²) >= 11 is 6.04. The fraction of sp³-hybridized carbons (Fsp3) is 0.292. The highest BCUT2D eigenvalue weighted by molar-refractivity contribution is 6.30. The number of aromatic nitrogens is 2. The number of halogens is 1. The number of nitrogens with one attached hydrogen (secondary N) is 1. The summed E-state index contributed by atoms with van der Waals surface area (Å²) < 4.78 is 5.93. The maximum absolute atomic E-state index is 12.9. The number of ether oxygens (including phenoxy) is 1. The van der Waals surface area contributed by atoms with Crippen LogP contribution in [-0.2, 0) is 6.61 Å². The van der Waals surface area contributed by atoms with Crippen LogP contribution in [0.25, 0.3) is 11.1 Å². The molecule has 0 saturated heterocycles. The Kier molecular flexibility index (Phi) is 6.79. The van der Waals surface area contributed by atoms with Gasteiger partial charge in [-0.1, -0.05) is 42.6 Å². The van der Waals surface area contributed by atoms with E-state index in [4.69, 9.17) is 16.3 Å². The average molecular weight is 438 g/mol. The van der Waals surface area contributed by atoms with Crippen molar-refractivity contribution in [3.8, 4) is 17.0 Å². The summed E-state index contributed by atoms with van der Waals surface area (Å²) in [6.07, 6.45) is 6.16. The highest BCUT2D eigenvalue weighted by atomic mass is 35.5. The number of pyridine rings is 2. The van der Waals surface area contributed by atoms with Gasteiger partial charge in [-0.3, -0.25) is 9.78 Å². The van der Waals surface area contributed by atoms with Crippen LogP contribution in [0.4, 0.5) is 0 Å². The van der Waals surface area contributed by atoms with Gasteiger partial charge in [0.15, 0.2) is 0 Å². The van der Waals surface area contributed by atoms with E-state index in [-0.39, 0.29) is 18.6 Å². The molecule has 1 aromatic carbocycles. The fourth-order valence-corrected chi connectivity index (χ4v) is 3.81. The Hall–Kier alpha value is -2.96. The third-order valence-corrected chi connectivity index (χ3v) is 5.65. The molecule has 6 nitrogen and oxygen atoms in total. The van der Waals surface area contributed by atoms with E-state index in [2.05, 4.69) is 15.3 Å². The van der Waals surface area contributed by atoms with E-state index in [1.165, 1.54) is 6.20 Å². The number of rotatable bonds is 6. The lowest BCUT2D eigenvalue weighted by molar-refractivity contribution is 0.0717. The Bertz CT molecular complexity index is 1030. The smallest absolute Gasteiger partial charge is 0.253 e. The highest BCUT2D eigenvalue weighted by Crippen LogP contribution is 2.31. The SMILES string of the molecule is O=C(NC1CCCCC1O)c1cnc(OCc2ccccn2)c(-c2ccc(Cl)cc2)c1. The van der Waals surface area contributed by atoms with Crippen molar-refractivity contribution in [3.63, 3.8) is 0 Å². The number of hydrogen-bond acceptors (Lipinski definition) is 5. The third kappa shape index (κ3) is 5.40. The van der Waals surface area contributed by atoms with Gasteiger partial charge in [0.05, 0.1) is 23.4 Å². The first-order chi connectivity index (χ1) is 15.1. The van der Waals surface area contributed by atoms with E-state index in [0.29, 0.717) is 28.5 Å². The molecular weight excluding hydrogens is 414 g/mol. The van der Waals surface area contributed by atoms with Crippen LogP contribution < -0.4 is 10.1 Å². The lowest BCUT2D eigenvalue weighted by Crippen LogP contribution is -2.45. The van der Waals surface area contributed by atoms with Crippen molar-refractivity contribution in [3.05, 3.63) is 77.2 Å². The second kappa shape index (κ2) is 9.90. The molecule has 1 aliphatic rings. The number of aliphatic hydroxyl groups is 1. The van der Waals surface area contributed by atoms with Crippen molar-refractivity contribution >= 4 is 17.5 Å². The normalized spacial score (nSPS) is 18.4. The molecule has 0 aliphatic heterocycles. The Balaban J connectivity index is 1.59. The summed E-state index contributed by atoms with van der Waals surface area (Å²) in [7, 11) is 0. The second-order valence-corrected chi connectivity index (χ2v) is 8.06. The summed E-state index contributed by atoms with van der Waals surface area (Å²) in [6.45, 7) is 0.258. The molecule has 2 N–H and O–H groups in total. The van der Waals surface area contributed by atoms with Crippen molar-refractivity contribution in [2.75, 3.05) is 0 Å². The number of amides is 1. The summed E-state index contributed by atoms with van der Waals surface area (Å²) in [5.41, 5.74) is 2.71. The Morgan fingerprint density at radius 3 is 2.68 bits per heavy atom. The second-order valence-electron chi connectivity index (χ2n) is 7.63. The molecule has 1 fully saturated rings. The predicted octanol–water partition coefficient (Wildman–Crippen LogP) is 4.41. The summed E-state index contributed by atoms with van der Waals surface area (Å²) in [6, 6.07) is 14.4. The van der Waals surface area contributed by atoms with Crippen molar-refractivity contribution in [1.82, 2.24) is 15.3 Å². The van der Waals surface area contributed by atoms with Crippen LogP contribution in [0.5, 0.6) is 5.88 Å². The van der Waals surface area contributed by atoms with Crippen molar-refractivity contribution < 1.29 is 14.6 Å². The largest absolute Gasteiger partial charge is 0.471 e. The average Bonchev–Trinajstić information content (AvgIpc) is 2.80. The van der Waals surface area contributed by atoms with Crippen molar-refractivity contribution in [1.29, 1.82) is 0 Å². The minimum Gasteiger partial charge on any atom is -0.471 e. The van der Waals surface area contributed by atoms with Crippen LogP contribution in [0.1, 0.15) is 41.7 Å². The lowest BCUT2D eigenvalue weighted by atomic mass is 9.92. The highest BCUT2D eigenvalue weighted by Gasteiger charge is 2.25. The van der Waals surface area contributed by atoms with Crippen molar-refractivity contribution in [2.24, 2.45) is 0 Å². The molecule has 1 saturated carbocycles. The maximum atomic E-state index is 12.9.